The van der Waals surface area contributed by atoms with Crippen LogP contribution in [0.3, 0.4) is 0 Å². The van der Waals surface area contributed by atoms with Crippen molar-refractivity contribution < 1.29 is 50.0 Å². The van der Waals surface area contributed by atoms with Gasteiger partial charge in [0.2, 0.25) is 0 Å². The molecule has 0 heterocycles. The van der Waals surface area contributed by atoms with Crippen LogP contribution in [-0.2, 0) is 30.8 Å². The van der Waals surface area contributed by atoms with Crippen molar-refractivity contribution >= 4 is 0 Å². The van der Waals surface area contributed by atoms with Crippen molar-refractivity contribution in [1.29, 1.82) is 0 Å². The molecular weight excluding hydrogens is 315 g/mol. The Hall–Kier alpha value is -0.0457. The van der Waals surface area contributed by atoms with Crippen LogP contribution in [0, 0.1) is 0 Å². The van der Waals surface area contributed by atoms with E-state index in [1.807, 2.05) is 13.2 Å². The maximum atomic E-state index is 5.92. The van der Waals surface area contributed by atoms with Crippen LogP contribution >= 0.6 is 0 Å². The van der Waals surface area contributed by atoms with Gasteiger partial charge in [0.05, 0.1) is 0 Å². The predicted octanol–water partition coefficient (Wildman–Crippen LogP) is -2.29. The number of allylic oxidation sites excluding steroid dienone is 2. The summed E-state index contributed by atoms with van der Waals surface area (Å²) < 4.78 is 7.33. The summed E-state index contributed by atoms with van der Waals surface area (Å²) in [6.07, 6.45) is 6.43. The summed E-state index contributed by atoms with van der Waals surface area (Å²) in [4.78, 5) is 0. The molecule has 0 spiro atoms. The molecule has 1 aromatic rings. The Morgan fingerprint density at radius 1 is 1.21 bits per heavy atom. The van der Waals surface area contributed by atoms with Crippen molar-refractivity contribution in [3.05, 3.63) is 57.5 Å². The molecular formula is C15H17Cl2OTi. The molecule has 1 unspecified atom stereocenters. The van der Waals surface area contributed by atoms with E-state index in [-0.39, 0.29) is 30.4 Å². The van der Waals surface area contributed by atoms with E-state index in [1.165, 1.54) is 15.0 Å². The second-order valence-electron chi connectivity index (χ2n) is 4.25. The first-order valence-corrected chi connectivity index (χ1v) is 6.75. The van der Waals surface area contributed by atoms with Crippen LogP contribution in [0.5, 0.6) is 0 Å². The average Bonchev–Trinajstić information content (AvgIpc) is 2.80. The Balaban J connectivity index is 0.00000162. The Kier molecular flexibility index (Phi) is 8.27. The van der Waals surface area contributed by atoms with E-state index < -0.39 is 0 Å². The van der Waals surface area contributed by atoms with Crippen LogP contribution < -0.4 is 24.8 Å². The molecule has 0 saturated carbocycles. The van der Waals surface area contributed by atoms with Gasteiger partial charge in [-0.2, -0.15) is 0 Å². The number of rotatable bonds is 4. The first kappa shape index (κ1) is 19.0. The predicted molar refractivity (Wildman–Crippen MR) is 66.2 cm³/mol. The number of hydrogen-bond acceptors (Lipinski definition) is 1. The topological polar surface area (TPSA) is 9.23 Å². The summed E-state index contributed by atoms with van der Waals surface area (Å²) in [5.41, 5.74) is 2.29. The zero-order valence-electron chi connectivity index (χ0n) is 11.1. The van der Waals surface area contributed by atoms with Gasteiger partial charge in [0.25, 0.3) is 0 Å². The molecule has 1 aliphatic rings. The fourth-order valence-electron chi connectivity index (χ4n) is 2.51. The van der Waals surface area contributed by atoms with E-state index in [1.54, 1.807) is 0 Å². The van der Waals surface area contributed by atoms with Gasteiger partial charge in [-0.05, 0) is 0 Å². The minimum Gasteiger partial charge on any atom is -1.00 e. The van der Waals surface area contributed by atoms with Crippen molar-refractivity contribution in [2.75, 3.05) is 7.11 Å². The maximum Gasteiger partial charge on any atom is -1.00 e. The number of hydrogen-bond donors (Lipinski definition) is 0. The summed E-state index contributed by atoms with van der Waals surface area (Å²) in [6, 6.07) is 10.5. The first-order chi connectivity index (χ1) is 8.24. The molecule has 19 heavy (non-hydrogen) atoms. The van der Waals surface area contributed by atoms with Gasteiger partial charge in [-0.1, -0.05) is 0 Å². The molecule has 1 nitrogen and oxygen atoms in total. The number of ether oxygens (including phenoxy) is 1. The second kappa shape index (κ2) is 8.29. The molecule has 0 N–H and O–H groups in total. The molecule has 1 atom stereocenters. The summed E-state index contributed by atoms with van der Waals surface area (Å²) in [7, 11) is 1.81. The maximum absolute atomic E-state index is 5.92. The van der Waals surface area contributed by atoms with E-state index in [9.17, 15) is 0 Å². The van der Waals surface area contributed by atoms with E-state index in [4.69, 9.17) is 4.74 Å². The zero-order chi connectivity index (χ0) is 12.3. The zero-order valence-corrected chi connectivity index (χ0v) is 14.2. The molecule has 1 aromatic carbocycles. The summed E-state index contributed by atoms with van der Waals surface area (Å²) >= 11 is 2.20. The summed E-state index contributed by atoms with van der Waals surface area (Å²) in [5, 5.41) is 0. The minimum atomic E-state index is -0.279. The van der Waals surface area contributed by atoms with Crippen molar-refractivity contribution in [3.63, 3.8) is 0 Å². The Bertz CT molecular complexity index is 450. The monoisotopic (exact) mass is 331 g/mol. The fraction of sp³-hybridized carbons (Fsp3) is 0.333. The Labute approximate surface area is 139 Å². The van der Waals surface area contributed by atoms with Crippen LogP contribution in [-0.4, -0.2) is 7.11 Å². The van der Waals surface area contributed by atoms with Gasteiger partial charge in [-0.3, -0.25) is 0 Å². The smallest absolute Gasteiger partial charge is 1.00 e. The van der Waals surface area contributed by atoms with Gasteiger partial charge >= 0.3 is 115 Å². The quantitative estimate of drug-likeness (QED) is 0.564. The van der Waals surface area contributed by atoms with E-state index in [0.717, 1.165) is 12.8 Å². The van der Waals surface area contributed by atoms with Crippen molar-refractivity contribution in [1.82, 2.24) is 0 Å². The summed E-state index contributed by atoms with van der Waals surface area (Å²) in [5.74, 6) is 0. The molecule has 4 heteroatoms. The third-order valence-electron chi connectivity index (χ3n) is 3.45. The largest absolute Gasteiger partial charge is 1.00 e. The van der Waals surface area contributed by atoms with Gasteiger partial charge in [0.1, 0.15) is 0 Å². The van der Waals surface area contributed by atoms with Crippen molar-refractivity contribution in [2.45, 2.75) is 25.4 Å². The van der Waals surface area contributed by atoms with E-state index in [0.29, 0.717) is 0 Å². The molecule has 101 valence electrons. The van der Waals surface area contributed by atoms with Gasteiger partial charge in [-0.15, -0.1) is 0 Å². The standard InChI is InChI=1S/C15H17O.2ClH.Ti/c1-3-15(16-2,14-11-7-8-12-14)13-9-5-4-6-10-13;;;/h4-7,9-11H,3,8H2,1-2H3;2*1H;/q;;;+2/p-2. The van der Waals surface area contributed by atoms with Crippen LogP contribution in [0.25, 0.3) is 0 Å². The van der Waals surface area contributed by atoms with Crippen LogP contribution in [0.1, 0.15) is 25.3 Å². The minimum absolute atomic E-state index is 0. The van der Waals surface area contributed by atoms with Crippen molar-refractivity contribution in [2.24, 2.45) is 0 Å². The second-order valence-corrected chi connectivity index (χ2v) is 5.19. The molecule has 2 rings (SSSR count). The third kappa shape index (κ3) is 3.54. The molecule has 0 bridgehead atoms. The normalized spacial score (nSPS) is 16.6. The van der Waals surface area contributed by atoms with E-state index >= 15 is 0 Å². The SMILES string of the molecule is CCC(OC)(C1=[C]([Ti+2])CC=C1)c1ccccc1.[Cl-].[Cl-]. The average molecular weight is 332 g/mol. The number of halogens is 2. The van der Waals surface area contributed by atoms with Crippen molar-refractivity contribution in [3.8, 4) is 0 Å². The van der Waals surface area contributed by atoms with Crippen LogP contribution in [0.2, 0.25) is 0 Å². The van der Waals surface area contributed by atoms with Crippen LogP contribution in [0.4, 0.5) is 0 Å². The van der Waals surface area contributed by atoms with Gasteiger partial charge in [0, 0.05) is 0 Å². The molecule has 0 saturated heterocycles. The molecule has 0 aliphatic heterocycles. The molecule has 0 fully saturated rings. The molecule has 0 aromatic heterocycles. The van der Waals surface area contributed by atoms with Gasteiger partial charge in [-0.25, -0.2) is 0 Å². The van der Waals surface area contributed by atoms with Gasteiger partial charge < -0.3 is 24.8 Å². The van der Waals surface area contributed by atoms with Crippen LogP contribution in [0.15, 0.2) is 51.9 Å². The number of methoxy groups -OCH3 is 1. The third-order valence-corrected chi connectivity index (χ3v) is 4.19. The molecule has 1 aliphatic carbocycles. The van der Waals surface area contributed by atoms with Gasteiger partial charge in [0.15, 0.2) is 0 Å². The summed E-state index contributed by atoms with van der Waals surface area (Å²) in [6.45, 7) is 2.18. The Morgan fingerprint density at radius 3 is 2.26 bits per heavy atom. The first-order valence-electron chi connectivity index (χ1n) is 5.97. The van der Waals surface area contributed by atoms with E-state index in [2.05, 4.69) is 63.8 Å². The molecule has 0 amide bonds. The Morgan fingerprint density at radius 2 is 1.84 bits per heavy atom. The molecule has 0 radical (unpaired) electrons. The number of benzene rings is 1. The fourth-order valence-corrected chi connectivity index (χ4v) is 3.14.